The molecular weight excluding hydrogens is 476 g/mol. The second-order valence-electron chi connectivity index (χ2n) is 5.76. The van der Waals surface area contributed by atoms with Crippen molar-refractivity contribution in [3.63, 3.8) is 0 Å². The van der Waals surface area contributed by atoms with Gasteiger partial charge in [0.05, 0.1) is 0 Å². The zero-order chi connectivity index (χ0) is 23.9. The van der Waals surface area contributed by atoms with E-state index >= 15 is 0 Å². The predicted molar refractivity (Wildman–Crippen MR) is 98.1 cm³/mol. The van der Waals surface area contributed by atoms with Gasteiger partial charge in [-0.05, 0) is 18.2 Å². The van der Waals surface area contributed by atoms with Crippen molar-refractivity contribution in [2.24, 2.45) is 0 Å². The lowest BCUT2D eigenvalue weighted by Crippen LogP contribution is -2.35. The number of halogens is 6. The van der Waals surface area contributed by atoms with Crippen molar-refractivity contribution in [3.8, 4) is 11.4 Å². The summed E-state index contributed by atoms with van der Waals surface area (Å²) in [6.45, 7) is 3.27. The van der Waals surface area contributed by atoms with Crippen LogP contribution >= 0.6 is 0 Å². The molecule has 0 fully saturated rings. The minimum absolute atomic E-state index is 0.778. The Balaban J connectivity index is 0.000000311. The summed E-state index contributed by atoms with van der Waals surface area (Å²) < 4.78 is 111. The van der Waals surface area contributed by atoms with Gasteiger partial charge in [0.1, 0.15) is 12.2 Å². The molecular formula is C16H17F6N3O4S2. The van der Waals surface area contributed by atoms with Crippen LogP contribution in [-0.4, -0.2) is 32.8 Å². The molecule has 0 aliphatic rings. The topological polar surface area (TPSA) is 99.2 Å². The summed E-state index contributed by atoms with van der Waals surface area (Å²) in [6.07, 6.45) is 6.38. The zero-order valence-corrected chi connectivity index (χ0v) is 17.4. The summed E-state index contributed by atoms with van der Waals surface area (Å²) in [7, 11) is -13.4. The van der Waals surface area contributed by atoms with Gasteiger partial charge in [0.25, 0.3) is 0 Å². The average Bonchev–Trinajstić information content (AvgIpc) is 2.65. The van der Waals surface area contributed by atoms with E-state index in [9.17, 15) is 43.2 Å². The molecule has 0 aliphatic heterocycles. The molecule has 0 saturated carbocycles. The molecule has 0 aliphatic carbocycles. The van der Waals surface area contributed by atoms with Crippen LogP contribution in [0.5, 0.6) is 0 Å². The van der Waals surface area contributed by atoms with Crippen LogP contribution in [0.2, 0.25) is 0 Å². The molecule has 31 heavy (non-hydrogen) atoms. The lowest BCUT2D eigenvalue weighted by Gasteiger charge is -2.22. The SMILES string of the molecule is CCCC[n+]1ccccc1-c1ccccn1.O=S(=O)([N-]S(=O)(=O)C(F)(F)F)C(F)(F)F. The molecule has 7 nitrogen and oxygen atoms in total. The first-order valence-corrected chi connectivity index (χ1v) is 11.3. The lowest BCUT2D eigenvalue weighted by atomic mass is 10.2. The number of hydrogen-bond donors (Lipinski definition) is 0. The van der Waals surface area contributed by atoms with Crippen LogP contribution in [0.1, 0.15) is 19.8 Å². The number of sulfonamides is 2. The molecule has 0 unspecified atom stereocenters. The van der Waals surface area contributed by atoms with Gasteiger partial charge in [-0.3, -0.25) is 0 Å². The molecule has 2 heterocycles. The van der Waals surface area contributed by atoms with Crippen molar-refractivity contribution in [2.45, 2.75) is 37.3 Å². The minimum Gasteiger partial charge on any atom is -0.421 e. The summed E-state index contributed by atoms with van der Waals surface area (Å²) in [6, 6.07) is 12.3. The highest BCUT2D eigenvalue weighted by Gasteiger charge is 2.46. The van der Waals surface area contributed by atoms with Gasteiger partial charge < -0.3 is 4.13 Å². The summed E-state index contributed by atoms with van der Waals surface area (Å²) in [4.78, 5) is 4.40. The van der Waals surface area contributed by atoms with E-state index in [4.69, 9.17) is 0 Å². The Morgan fingerprint density at radius 3 is 1.90 bits per heavy atom. The van der Waals surface area contributed by atoms with Gasteiger partial charge in [-0.2, -0.15) is 30.9 Å². The van der Waals surface area contributed by atoms with Gasteiger partial charge in [-0.1, -0.05) is 19.4 Å². The Hall–Kier alpha value is -2.26. The molecule has 0 aromatic carbocycles. The number of aryl methyl sites for hydroxylation is 1. The quantitative estimate of drug-likeness (QED) is 0.449. The molecule has 0 N–H and O–H groups in total. The number of unbranched alkanes of at least 4 members (excludes halogenated alkanes) is 1. The van der Waals surface area contributed by atoms with Gasteiger partial charge in [0.15, 0.2) is 26.2 Å². The number of aromatic nitrogens is 2. The van der Waals surface area contributed by atoms with E-state index < -0.39 is 31.1 Å². The summed E-state index contributed by atoms with van der Waals surface area (Å²) >= 11 is 0. The molecule has 0 saturated heterocycles. The van der Waals surface area contributed by atoms with Crippen molar-refractivity contribution in [3.05, 3.63) is 52.9 Å². The molecule has 2 aromatic heterocycles. The zero-order valence-electron chi connectivity index (χ0n) is 15.8. The van der Waals surface area contributed by atoms with Gasteiger partial charge in [-0.15, -0.1) is 0 Å². The maximum atomic E-state index is 11.4. The largest absolute Gasteiger partial charge is 0.480 e. The van der Waals surface area contributed by atoms with Crippen LogP contribution in [0, 0.1) is 0 Å². The third-order valence-electron chi connectivity index (χ3n) is 3.40. The second kappa shape index (κ2) is 10.4. The maximum Gasteiger partial charge on any atom is 0.480 e. The van der Waals surface area contributed by atoms with Crippen LogP contribution in [0.15, 0.2) is 48.8 Å². The molecule has 0 bridgehead atoms. The van der Waals surface area contributed by atoms with E-state index in [1.807, 2.05) is 18.3 Å². The Kier molecular flexibility index (Phi) is 8.95. The fourth-order valence-corrected chi connectivity index (χ4v) is 3.67. The van der Waals surface area contributed by atoms with Gasteiger partial charge >= 0.3 is 11.0 Å². The number of alkyl halides is 6. The standard InChI is InChI=1S/C14H17N2.C2F6NO4S2/c1-2-3-11-16-12-7-5-9-14(16)13-8-4-6-10-15-13;3-1(4,5)14(10,11)9-15(12,13)2(6,7)8/h4-10,12H,2-3,11H2,1H3;/q+1;-1. The first kappa shape index (κ1) is 26.8. The van der Waals surface area contributed by atoms with E-state index in [1.54, 1.807) is 0 Å². The first-order valence-electron chi connectivity index (χ1n) is 8.39. The van der Waals surface area contributed by atoms with E-state index in [0.29, 0.717) is 0 Å². The highest BCUT2D eigenvalue weighted by atomic mass is 32.3. The number of rotatable bonds is 6. The van der Waals surface area contributed by atoms with Crippen LogP contribution in [0.3, 0.4) is 0 Å². The normalized spacial score (nSPS) is 12.7. The smallest absolute Gasteiger partial charge is 0.421 e. The highest BCUT2D eigenvalue weighted by molar-refractivity contribution is 8.13. The van der Waals surface area contributed by atoms with Crippen LogP contribution in [0.4, 0.5) is 26.3 Å². The highest BCUT2D eigenvalue weighted by Crippen LogP contribution is 2.36. The Morgan fingerprint density at radius 1 is 0.903 bits per heavy atom. The molecule has 0 spiro atoms. The average molecular weight is 493 g/mol. The second-order valence-corrected chi connectivity index (χ2v) is 9.19. The number of pyridine rings is 2. The van der Waals surface area contributed by atoms with Gasteiger partial charge in [0, 0.05) is 24.8 Å². The predicted octanol–water partition coefficient (Wildman–Crippen LogP) is 3.90. The van der Waals surface area contributed by atoms with E-state index in [-0.39, 0.29) is 0 Å². The monoisotopic (exact) mass is 493 g/mol. The first-order chi connectivity index (χ1) is 14.1. The van der Waals surface area contributed by atoms with Crippen molar-refractivity contribution >= 4 is 20.0 Å². The summed E-state index contributed by atoms with van der Waals surface area (Å²) in [5, 5.41) is 0. The lowest BCUT2D eigenvalue weighted by molar-refractivity contribution is -0.686. The fraction of sp³-hybridized carbons (Fsp3) is 0.375. The van der Waals surface area contributed by atoms with Crippen LogP contribution < -0.4 is 4.57 Å². The van der Waals surface area contributed by atoms with Gasteiger partial charge in [-0.25, -0.2) is 21.8 Å². The van der Waals surface area contributed by atoms with Crippen molar-refractivity contribution < 1.29 is 47.7 Å². The number of hydrogen-bond acceptors (Lipinski definition) is 5. The molecule has 0 radical (unpaired) electrons. The number of nitrogens with zero attached hydrogens (tertiary/aromatic N) is 3. The Labute approximate surface area is 174 Å². The van der Waals surface area contributed by atoms with Gasteiger partial charge in [0.2, 0.25) is 5.69 Å². The van der Waals surface area contributed by atoms with E-state index in [1.165, 1.54) is 18.5 Å². The van der Waals surface area contributed by atoms with Crippen molar-refractivity contribution in [1.82, 2.24) is 4.98 Å². The summed E-state index contributed by atoms with van der Waals surface area (Å²) in [5.74, 6) is 0. The maximum absolute atomic E-state index is 11.4. The molecule has 2 aromatic rings. The molecule has 174 valence electrons. The molecule has 15 heteroatoms. The fourth-order valence-electron chi connectivity index (χ4n) is 1.96. The molecule has 0 amide bonds. The molecule has 2 rings (SSSR count). The molecule has 0 atom stereocenters. The van der Waals surface area contributed by atoms with E-state index in [2.05, 4.69) is 46.9 Å². The van der Waals surface area contributed by atoms with Crippen LogP contribution in [0.25, 0.3) is 15.5 Å². The third kappa shape index (κ3) is 7.74. The van der Waals surface area contributed by atoms with E-state index in [0.717, 1.165) is 16.4 Å². The Morgan fingerprint density at radius 2 is 1.45 bits per heavy atom. The van der Waals surface area contributed by atoms with Crippen LogP contribution in [-0.2, 0) is 26.6 Å². The minimum atomic E-state index is -6.72. The third-order valence-corrected chi connectivity index (χ3v) is 6.14. The van der Waals surface area contributed by atoms with Crippen molar-refractivity contribution in [2.75, 3.05) is 0 Å². The van der Waals surface area contributed by atoms with Crippen molar-refractivity contribution in [1.29, 1.82) is 0 Å². The summed E-state index contributed by atoms with van der Waals surface area (Å²) in [5.41, 5.74) is -10.2. The Bertz CT molecular complexity index is 1010.